The molecule has 1 heterocycles. The van der Waals surface area contributed by atoms with Gasteiger partial charge in [-0.25, -0.2) is 0 Å². The van der Waals surface area contributed by atoms with Gasteiger partial charge in [0.1, 0.15) is 18.9 Å². The summed E-state index contributed by atoms with van der Waals surface area (Å²) in [6.07, 6.45) is 8.20. The molecule has 2 aliphatic rings. The molecule has 2 atom stereocenters. The maximum Gasteiger partial charge on any atom is 0.325 e. The fourth-order valence-electron chi connectivity index (χ4n) is 5.73. The van der Waals surface area contributed by atoms with Gasteiger partial charge in [-0.1, -0.05) is 55.3 Å². The molecule has 0 N–H and O–H groups in total. The first-order chi connectivity index (χ1) is 18.5. The molecule has 7 heteroatoms. The maximum atomic E-state index is 13.1. The van der Waals surface area contributed by atoms with E-state index in [4.69, 9.17) is 9.47 Å². The summed E-state index contributed by atoms with van der Waals surface area (Å²) in [5.74, 6) is 0.935. The van der Waals surface area contributed by atoms with E-state index in [0.29, 0.717) is 31.4 Å². The second-order valence-corrected chi connectivity index (χ2v) is 10.4. The lowest BCUT2D eigenvalue weighted by Gasteiger charge is -2.44. The highest BCUT2D eigenvalue weighted by molar-refractivity contribution is 5.83. The van der Waals surface area contributed by atoms with E-state index in [2.05, 4.69) is 4.90 Å². The lowest BCUT2D eigenvalue weighted by atomic mass is 9.78. The SMILES string of the molecule is COC(=O)CN(Cc1ccc(OCc2ccccc2)cc1)C(=O)CCCC(=O)N1CCCC2CCCCC21. The van der Waals surface area contributed by atoms with Crippen LogP contribution in [0.5, 0.6) is 5.75 Å². The highest BCUT2D eigenvalue weighted by Gasteiger charge is 2.35. The minimum atomic E-state index is -0.464. The summed E-state index contributed by atoms with van der Waals surface area (Å²) in [5.41, 5.74) is 1.98. The Morgan fingerprint density at radius 1 is 0.895 bits per heavy atom. The Bertz CT molecular complexity index is 1050. The zero-order valence-corrected chi connectivity index (χ0v) is 22.5. The van der Waals surface area contributed by atoms with Crippen LogP contribution < -0.4 is 4.74 Å². The van der Waals surface area contributed by atoms with Gasteiger partial charge in [-0.05, 0) is 61.3 Å². The van der Waals surface area contributed by atoms with E-state index in [0.717, 1.165) is 36.3 Å². The standard InChI is InChI=1S/C31H40N2O5/c1-37-31(36)22-32(21-24-16-18-27(19-17-24)38-23-25-9-3-2-4-10-25)29(34)14-7-15-30(35)33-20-8-12-26-11-5-6-13-28(26)33/h2-4,9-10,16-19,26,28H,5-8,11-15,20-23H2,1H3. The van der Waals surface area contributed by atoms with E-state index in [9.17, 15) is 14.4 Å². The molecule has 38 heavy (non-hydrogen) atoms. The number of carbonyl (C=O) groups excluding carboxylic acids is 3. The number of piperidine rings is 1. The van der Waals surface area contributed by atoms with Gasteiger partial charge in [-0.2, -0.15) is 0 Å². The third-order valence-corrected chi connectivity index (χ3v) is 7.79. The van der Waals surface area contributed by atoms with Gasteiger partial charge in [0.15, 0.2) is 0 Å². The Labute approximate surface area is 226 Å². The van der Waals surface area contributed by atoms with E-state index in [-0.39, 0.29) is 31.3 Å². The molecule has 2 unspecified atom stereocenters. The van der Waals surface area contributed by atoms with Crippen LogP contribution in [0, 0.1) is 5.92 Å². The van der Waals surface area contributed by atoms with Gasteiger partial charge in [0, 0.05) is 32.0 Å². The molecule has 0 aromatic heterocycles. The molecule has 0 radical (unpaired) electrons. The summed E-state index contributed by atoms with van der Waals surface area (Å²) in [5, 5.41) is 0. The summed E-state index contributed by atoms with van der Waals surface area (Å²) in [6.45, 7) is 1.49. The first-order valence-corrected chi connectivity index (χ1v) is 13.9. The third kappa shape index (κ3) is 7.83. The molecule has 2 aromatic rings. The Balaban J connectivity index is 1.28. The molecule has 4 rings (SSSR count). The summed E-state index contributed by atoms with van der Waals surface area (Å²) in [4.78, 5) is 41.7. The normalized spacial score (nSPS) is 18.8. The van der Waals surface area contributed by atoms with Crippen LogP contribution in [0.2, 0.25) is 0 Å². The van der Waals surface area contributed by atoms with Crippen LogP contribution in [0.25, 0.3) is 0 Å². The second-order valence-electron chi connectivity index (χ2n) is 10.4. The van der Waals surface area contributed by atoms with Crippen LogP contribution in [0.1, 0.15) is 68.9 Å². The zero-order chi connectivity index (χ0) is 26.7. The fraction of sp³-hybridized carbons (Fsp3) is 0.516. The van der Waals surface area contributed by atoms with Crippen molar-refractivity contribution in [2.45, 2.75) is 77.0 Å². The smallest absolute Gasteiger partial charge is 0.325 e. The Morgan fingerprint density at radius 2 is 1.63 bits per heavy atom. The van der Waals surface area contributed by atoms with Crippen LogP contribution >= 0.6 is 0 Å². The van der Waals surface area contributed by atoms with E-state index in [1.54, 1.807) is 0 Å². The Kier molecular flexibility index (Phi) is 10.2. The number of nitrogens with zero attached hydrogens (tertiary/aromatic N) is 2. The van der Waals surface area contributed by atoms with Crippen LogP contribution in [-0.2, 0) is 32.3 Å². The zero-order valence-electron chi connectivity index (χ0n) is 22.5. The first kappa shape index (κ1) is 27.7. The van der Waals surface area contributed by atoms with Gasteiger partial charge in [-0.3, -0.25) is 14.4 Å². The third-order valence-electron chi connectivity index (χ3n) is 7.79. The molecular weight excluding hydrogens is 480 g/mol. The molecule has 1 saturated carbocycles. The van der Waals surface area contributed by atoms with Crippen molar-refractivity contribution in [3.8, 4) is 5.75 Å². The van der Waals surface area contributed by atoms with E-state index >= 15 is 0 Å². The van der Waals surface area contributed by atoms with Crippen molar-refractivity contribution in [3.63, 3.8) is 0 Å². The summed E-state index contributed by atoms with van der Waals surface area (Å²) >= 11 is 0. The van der Waals surface area contributed by atoms with Crippen molar-refractivity contribution < 1.29 is 23.9 Å². The summed E-state index contributed by atoms with van der Waals surface area (Å²) < 4.78 is 10.7. The van der Waals surface area contributed by atoms with Crippen LogP contribution in [-0.4, -0.2) is 53.8 Å². The van der Waals surface area contributed by atoms with Gasteiger partial charge in [0.25, 0.3) is 0 Å². The largest absolute Gasteiger partial charge is 0.489 e. The van der Waals surface area contributed by atoms with Gasteiger partial charge in [0.2, 0.25) is 11.8 Å². The van der Waals surface area contributed by atoms with E-state index < -0.39 is 5.97 Å². The topological polar surface area (TPSA) is 76.1 Å². The average molecular weight is 521 g/mol. The van der Waals surface area contributed by atoms with Crippen molar-refractivity contribution in [1.29, 1.82) is 0 Å². The maximum absolute atomic E-state index is 13.1. The van der Waals surface area contributed by atoms with E-state index in [1.807, 2.05) is 54.6 Å². The fourth-order valence-corrected chi connectivity index (χ4v) is 5.73. The van der Waals surface area contributed by atoms with Crippen molar-refractivity contribution in [2.75, 3.05) is 20.2 Å². The van der Waals surface area contributed by atoms with Gasteiger partial charge in [0.05, 0.1) is 7.11 Å². The minimum Gasteiger partial charge on any atom is -0.489 e. The Morgan fingerprint density at radius 3 is 2.39 bits per heavy atom. The number of carbonyl (C=O) groups is 3. The number of benzene rings is 2. The van der Waals surface area contributed by atoms with Gasteiger partial charge < -0.3 is 19.3 Å². The van der Waals surface area contributed by atoms with Crippen molar-refractivity contribution in [1.82, 2.24) is 9.80 Å². The number of likely N-dealkylation sites (tertiary alicyclic amines) is 1. The average Bonchev–Trinajstić information content (AvgIpc) is 2.96. The van der Waals surface area contributed by atoms with Crippen LogP contribution in [0.15, 0.2) is 54.6 Å². The number of hydrogen-bond acceptors (Lipinski definition) is 5. The van der Waals surface area contributed by atoms with Gasteiger partial charge >= 0.3 is 5.97 Å². The van der Waals surface area contributed by atoms with Crippen LogP contribution in [0.3, 0.4) is 0 Å². The quantitative estimate of drug-likeness (QED) is 0.385. The first-order valence-electron chi connectivity index (χ1n) is 13.9. The molecule has 204 valence electrons. The molecule has 7 nitrogen and oxygen atoms in total. The number of ether oxygens (including phenoxy) is 2. The summed E-state index contributed by atoms with van der Waals surface area (Å²) in [7, 11) is 1.32. The number of methoxy groups -OCH3 is 1. The number of rotatable bonds is 11. The number of hydrogen-bond donors (Lipinski definition) is 0. The number of fused-ring (bicyclic) bond motifs is 1. The monoisotopic (exact) mass is 520 g/mol. The van der Waals surface area contributed by atoms with Crippen LogP contribution in [0.4, 0.5) is 0 Å². The molecule has 1 saturated heterocycles. The van der Waals surface area contributed by atoms with Crippen molar-refractivity contribution in [2.24, 2.45) is 5.92 Å². The lowest BCUT2D eigenvalue weighted by molar-refractivity contribution is -0.147. The van der Waals surface area contributed by atoms with Crippen molar-refractivity contribution >= 4 is 17.8 Å². The number of amides is 2. The molecule has 0 bridgehead atoms. The van der Waals surface area contributed by atoms with E-state index in [1.165, 1.54) is 37.7 Å². The molecular formula is C31H40N2O5. The molecule has 0 spiro atoms. The highest BCUT2D eigenvalue weighted by atomic mass is 16.5. The second kappa shape index (κ2) is 14.0. The molecule has 2 aromatic carbocycles. The summed E-state index contributed by atoms with van der Waals surface area (Å²) in [6, 6.07) is 17.9. The molecule has 1 aliphatic heterocycles. The number of esters is 1. The van der Waals surface area contributed by atoms with Gasteiger partial charge in [-0.15, -0.1) is 0 Å². The predicted octanol–water partition coefficient (Wildman–Crippen LogP) is 5.12. The molecule has 2 amide bonds. The minimum absolute atomic E-state index is 0.120. The highest BCUT2D eigenvalue weighted by Crippen LogP contribution is 2.35. The Hall–Kier alpha value is -3.35. The lowest BCUT2D eigenvalue weighted by Crippen LogP contribution is -2.49. The molecule has 1 aliphatic carbocycles. The predicted molar refractivity (Wildman–Crippen MR) is 145 cm³/mol. The van der Waals surface area contributed by atoms with Crippen molar-refractivity contribution in [3.05, 3.63) is 65.7 Å². The molecule has 2 fully saturated rings.